The normalized spacial score (nSPS) is 17.0. The fourth-order valence-electron chi connectivity index (χ4n) is 2.72. The van der Waals surface area contributed by atoms with Crippen LogP contribution in [0.3, 0.4) is 0 Å². The number of aromatic nitrogens is 1. The third kappa shape index (κ3) is 2.83. The van der Waals surface area contributed by atoms with Crippen molar-refractivity contribution in [2.75, 3.05) is 25.5 Å². The van der Waals surface area contributed by atoms with E-state index in [9.17, 15) is 9.59 Å². The number of para-hydroxylation sites is 1. The number of carbonyl (C=O) groups is 2. The molecule has 1 N–H and O–H groups in total. The molecule has 2 heterocycles. The number of thiazole rings is 1. The molecule has 0 fully saturated rings. The van der Waals surface area contributed by atoms with Gasteiger partial charge in [-0.15, -0.1) is 11.3 Å². The van der Waals surface area contributed by atoms with Gasteiger partial charge in [0.1, 0.15) is 11.3 Å². The first-order chi connectivity index (χ1) is 11.4. The van der Waals surface area contributed by atoms with E-state index in [1.54, 1.807) is 31.1 Å². The van der Waals surface area contributed by atoms with Gasteiger partial charge in [-0.3, -0.25) is 9.59 Å². The third-order valence-electron chi connectivity index (χ3n) is 3.84. The minimum Gasteiger partial charge on any atom is -0.358 e. The Labute approximate surface area is 153 Å². The highest BCUT2D eigenvalue weighted by molar-refractivity contribution is 7.16. The second-order valence-electron chi connectivity index (χ2n) is 5.23. The van der Waals surface area contributed by atoms with Gasteiger partial charge >= 0.3 is 0 Å². The van der Waals surface area contributed by atoms with E-state index in [0.29, 0.717) is 16.1 Å². The zero-order valence-corrected chi connectivity index (χ0v) is 15.2. The second kappa shape index (κ2) is 6.58. The number of halogens is 2. The van der Waals surface area contributed by atoms with Crippen molar-refractivity contribution in [2.24, 2.45) is 0 Å². The molecule has 0 bridgehead atoms. The maximum atomic E-state index is 12.7. The fraction of sp³-hybridized carbons (Fsp3) is 0.267. The van der Waals surface area contributed by atoms with E-state index in [0.717, 1.165) is 0 Å². The van der Waals surface area contributed by atoms with Gasteiger partial charge in [-0.05, 0) is 12.1 Å². The van der Waals surface area contributed by atoms with Gasteiger partial charge in [0.25, 0.3) is 5.91 Å². The molecule has 3 rings (SSSR count). The summed E-state index contributed by atoms with van der Waals surface area (Å²) < 4.78 is 0.287. The lowest BCUT2D eigenvalue weighted by Gasteiger charge is -2.43. The molecule has 1 atom stereocenters. The van der Waals surface area contributed by atoms with Crippen LogP contribution in [-0.2, 0) is 4.79 Å². The summed E-state index contributed by atoms with van der Waals surface area (Å²) in [6, 6.07) is 7.17. The SMILES string of the molecule is CNC(=O)CN1c2ccccc2C(=O)N(C)[C@H]1c1sc(Cl)nc1Cl. The van der Waals surface area contributed by atoms with Gasteiger partial charge in [-0.1, -0.05) is 35.3 Å². The number of fused-ring (bicyclic) bond motifs is 1. The number of nitrogens with zero attached hydrogens (tertiary/aromatic N) is 3. The van der Waals surface area contributed by atoms with Crippen LogP contribution in [0, 0.1) is 0 Å². The highest BCUT2D eigenvalue weighted by atomic mass is 35.5. The van der Waals surface area contributed by atoms with Crippen LogP contribution in [0.4, 0.5) is 5.69 Å². The Morgan fingerprint density at radius 1 is 1.38 bits per heavy atom. The molecule has 1 aliphatic heterocycles. The molecule has 1 aliphatic rings. The summed E-state index contributed by atoms with van der Waals surface area (Å²) >= 11 is 13.4. The molecule has 2 aromatic rings. The molecule has 1 aromatic carbocycles. The molecule has 9 heteroatoms. The van der Waals surface area contributed by atoms with E-state index in [4.69, 9.17) is 23.2 Å². The first-order valence-electron chi connectivity index (χ1n) is 7.09. The molecule has 2 amide bonds. The summed E-state index contributed by atoms with van der Waals surface area (Å²) in [5, 5.41) is 2.84. The fourth-order valence-corrected chi connectivity index (χ4v) is 4.28. The Kier molecular flexibility index (Phi) is 4.67. The van der Waals surface area contributed by atoms with Crippen molar-refractivity contribution in [3.8, 4) is 0 Å². The Bertz CT molecular complexity index is 811. The van der Waals surface area contributed by atoms with Crippen molar-refractivity contribution in [2.45, 2.75) is 6.17 Å². The Morgan fingerprint density at radius 2 is 2.08 bits per heavy atom. The van der Waals surface area contributed by atoms with Gasteiger partial charge in [0.05, 0.1) is 22.7 Å². The second-order valence-corrected chi connectivity index (χ2v) is 7.20. The lowest BCUT2D eigenvalue weighted by atomic mass is 10.1. The molecule has 0 saturated heterocycles. The van der Waals surface area contributed by atoms with Crippen molar-refractivity contribution in [3.63, 3.8) is 0 Å². The Balaban J connectivity index is 2.16. The topological polar surface area (TPSA) is 65.5 Å². The van der Waals surface area contributed by atoms with Crippen LogP contribution in [0.15, 0.2) is 24.3 Å². The van der Waals surface area contributed by atoms with Crippen molar-refractivity contribution in [1.82, 2.24) is 15.2 Å². The molecule has 0 unspecified atom stereocenters. The Hall–Kier alpha value is -1.83. The van der Waals surface area contributed by atoms with E-state index in [1.807, 2.05) is 17.0 Å². The number of likely N-dealkylation sites (N-methyl/N-ethyl adjacent to an activating group) is 1. The zero-order chi connectivity index (χ0) is 17.4. The number of anilines is 1. The first-order valence-corrected chi connectivity index (χ1v) is 8.66. The summed E-state index contributed by atoms with van der Waals surface area (Å²) in [5.74, 6) is -0.325. The minimum atomic E-state index is -0.554. The number of amides is 2. The Morgan fingerprint density at radius 3 is 2.71 bits per heavy atom. The minimum absolute atomic E-state index is 0.0711. The van der Waals surface area contributed by atoms with Gasteiger partial charge in [-0.25, -0.2) is 4.98 Å². The number of rotatable bonds is 3. The lowest BCUT2D eigenvalue weighted by molar-refractivity contribution is -0.119. The molecule has 0 spiro atoms. The van der Waals surface area contributed by atoms with Crippen LogP contribution in [0.2, 0.25) is 9.62 Å². The maximum Gasteiger partial charge on any atom is 0.257 e. The van der Waals surface area contributed by atoms with E-state index in [1.165, 1.54) is 11.3 Å². The van der Waals surface area contributed by atoms with E-state index in [2.05, 4.69) is 10.3 Å². The molecule has 0 radical (unpaired) electrons. The molecule has 0 saturated carbocycles. The predicted octanol–water partition coefficient (Wildman–Crippen LogP) is 2.79. The quantitative estimate of drug-likeness (QED) is 0.883. The van der Waals surface area contributed by atoms with Crippen molar-refractivity contribution >= 4 is 52.0 Å². The van der Waals surface area contributed by atoms with E-state index in [-0.39, 0.29) is 28.0 Å². The third-order valence-corrected chi connectivity index (χ3v) is 5.44. The summed E-state index contributed by atoms with van der Waals surface area (Å²) in [7, 11) is 3.24. The molecule has 0 aliphatic carbocycles. The number of benzene rings is 1. The summed E-state index contributed by atoms with van der Waals surface area (Å²) in [4.78, 5) is 32.8. The molecular formula is C15H14Cl2N4O2S. The van der Waals surface area contributed by atoms with Gasteiger partial charge in [0.15, 0.2) is 4.47 Å². The lowest BCUT2D eigenvalue weighted by Crippen LogP contribution is -2.50. The highest BCUT2D eigenvalue weighted by Crippen LogP contribution is 2.42. The monoisotopic (exact) mass is 384 g/mol. The van der Waals surface area contributed by atoms with E-state index >= 15 is 0 Å². The van der Waals surface area contributed by atoms with Crippen LogP contribution in [0.1, 0.15) is 21.4 Å². The van der Waals surface area contributed by atoms with Crippen molar-refractivity contribution in [1.29, 1.82) is 0 Å². The summed E-state index contributed by atoms with van der Waals surface area (Å²) in [6.45, 7) is 0.0711. The number of nitrogens with one attached hydrogen (secondary N) is 1. The number of hydrogen-bond acceptors (Lipinski definition) is 5. The predicted molar refractivity (Wildman–Crippen MR) is 94.8 cm³/mol. The average Bonchev–Trinajstić information content (AvgIpc) is 2.90. The number of hydrogen-bond donors (Lipinski definition) is 1. The molecule has 126 valence electrons. The standard InChI is InChI=1S/C15H14Cl2N4O2S/c1-18-10(22)7-21-9-6-4-3-5-8(9)14(23)20(2)13(21)11-12(16)19-15(17)24-11/h3-6,13H,7H2,1-2H3,(H,18,22)/t13-/m1/s1. The van der Waals surface area contributed by atoms with Gasteiger partial charge < -0.3 is 15.1 Å². The average molecular weight is 385 g/mol. The molecular weight excluding hydrogens is 371 g/mol. The largest absolute Gasteiger partial charge is 0.358 e. The highest BCUT2D eigenvalue weighted by Gasteiger charge is 2.39. The molecule has 6 nitrogen and oxygen atoms in total. The van der Waals surface area contributed by atoms with Gasteiger partial charge in [0, 0.05) is 14.1 Å². The van der Waals surface area contributed by atoms with Crippen LogP contribution in [0.5, 0.6) is 0 Å². The van der Waals surface area contributed by atoms with Gasteiger partial charge in [0.2, 0.25) is 5.91 Å². The van der Waals surface area contributed by atoms with Crippen molar-refractivity contribution < 1.29 is 9.59 Å². The van der Waals surface area contributed by atoms with Crippen LogP contribution >= 0.6 is 34.5 Å². The van der Waals surface area contributed by atoms with Crippen molar-refractivity contribution in [3.05, 3.63) is 44.3 Å². The number of carbonyl (C=O) groups excluding carboxylic acids is 2. The molecule has 24 heavy (non-hydrogen) atoms. The van der Waals surface area contributed by atoms with E-state index < -0.39 is 6.17 Å². The van der Waals surface area contributed by atoms with Crippen LogP contribution < -0.4 is 10.2 Å². The first kappa shape index (κ1) is 17.0. The summed E-state index contributed by atoms with van der Waals surface area (Å²) in [5.41, 5.74) is 1.21. The van der Waals surface area contributed by atoms with Gasteiger partial charge in [-0.2, -0.15) is 0 Å². The molecule has 1 aromatic heterocycles. The smallest absolute Gasteiger partial charge is 0.257 e. The van der Waals surface area contributed by atoms with Crippen LogP contribution in [-0.4, -0.2) is 42.3 Å². The maximum absolute atomic E-state index is 12.7. The zero-order valence-electron chi connectivity index (χ0n) is 12.9. The van der Waals surface area contributed by atoms with Crippen LogP contribution in [0.25, 0.3) is 0 Å². The summed E-state index contributed by atoms with van der Waals surface area (Å²) in [6.07, 6.45) is -0.554.